The molecule has 3 heteroatoms. The summed E-state index contributed by atoms with van der Waals surface area (Å²) in [7, 11) is 0. The van der Waals surface area contributed by atoms with Gasteiger partial charge < -0.3 is 10.3 Å². The van der Waals surface area contributed by atoms with Crippen molar-refractivity contribution in [2.75, 3.05) is 0 Å². The minimum atomic E-state index is 0.257. The van der Waals surface area contributed by atoms with Crippen LogP contribution in [0.15, 0.2) is 24.3 Å². The molecule has 3 rings (SSSR count). The van der Waals surface area contributed by atoms with Gasteiger partial charge in [0.1, 0.15) is 5.82 Å². The minimum absolute atomic E-state index is 0.257. The number of benzene rings is 1. The second kappa shape index (κ2) is 2.33. The molecule has 2 heterocycles. The van der Waals surface area contributed by atoms with E-state index in [0.29, 0.717) is 0 Å². The highest BCUT2D eigenvalue weighted by atomic mass is 15.1. The first-order chi connectivity index (χ1) is 6.34. The highest BCUT2D eigenvalue weighted by Gasteiger charge is 2.21. The molecule has 0 saturated heterocycles. The Morgan fingerprint density at radius 2 is 2.23 bits per heavy atom. The molecule has 0 fully saturated rings. The Bertz CT molecular complexity index is 458. The molecule has 1 aromatic carbocycles. The van der Waals surface area contributed by atoms with Crippen LogP contribution in [0.1, 0.15) is 5.82 Å². The highest BCUT2D eigenvalue weighted by molar-refractivity contribution is 5.76. The van der Waals surface area contributed by atoms with Crippen molar-refractivity contribution in [3.8, 4) is 0 Å². The van der Waals surface area contributed by atoms with Gasteiger partial charge in [0.25, 0.3) is 0 Å². The molecular formula is C10H11N3. The first-order valence-corrected chi connectivity index (χ1v) is 4.54. The first kappa shape index (κ1) is 7.09. The lowest BCUT2D eigenvalue weighted by Gasteiger charge is -2.00. The number of hydrogen-bond acceptors (Lipinski definition) is 2. The van der Waals surface area contributed by atoms with Crippen molar-refractivity contribution >= 4 is 11.0 Å². The number of imidazole rings is 1. The van der Waals surface area contributed by atoms with Gasteiger partial charge in [-0.05, 0) is 12.1 Å². The van der Waals surface area contributed by atoms with E-state index in [-0.39, 0.29) is 6.04 Å². The van der Waals surface area contributed by atoms with Crippen LogP contribution in [-0.4, -0.2) is 15.6 Å². The van der Waals surface area contributed by atoms with Crippen LogP contribution >= 0.6 is 0 Å². The molecule has 1 aliphatic rings. The summed E-state index contributed by atoms with van der Waals surface area (Å²) in [6.45, 7) is 0.913. The van der Waals surface area contributed by atoms with Gasteiger partial charge in [0.15, 0.2) is 0 Å². The average Bonchev–Trinajstić information content (AvgIpc) is 2.60. The van der Waals surface area contributed by atoms with Crippen LogP contribution in [0.4, 0.5) is 0 Å². The summed E-state index contributed by atoms with van der Waals surface area (Å²) in [6, 6.07) is 8.47. The number of para-hydroxylation sites is 2. The fraction of sp³-hybridized carbons (Fsp3) is 0.300. The Morgan fingerprint density at radius 1 is 1.38 bits per heavy atom. The van der Waals surface area contributed by atoms with Gasteiger partial charge in [0.05, 0.1) is 11.0 Å². The van der Waals surface area contributed by atoms with Crippen molar-refractivity contribution in [2.45, 2.75) is 19.0 Å². The van der Waals surface area contributed by atoms with Crippen molar-refractivity contribution in [2.24, 2.45) is 5.73 Å². The summed E-state index contributed by atoms with van der Waals surface area (Å²) < 4.78 is 2.22. The molecule has 2 N–H and O–H groups in total. The Labute approximate surface area is 76.2 Å². The van der Waals surface area contributed by atoms with Gasteiger partial charge in [-0.15, -0.1) is 0 Å². The standard InChI is InChI=1S/C10H11N3/c11-7-5-10-12-8-3-1-2-4-9(8)13(10)6-7/h1-4,7H,5-6,11H2. The summed E-state index contributed by atoms with van der Waals surface area (Å²) in [5, 5.41) is 0. The van der Waals surface area contributed by atoms with E-state index in [9.17, 15) is 0 Å². The van der Waals surface area contributed by atoms with Gasteiger partial charge in [-0.1, -0.05) is 12.1 Å². The van der Waals surface area contributed by atoms with Crippen molar-refractivity contribution in [3.63, 3.8) is 0 Å². The zero-order valence-electron chi connectivity index (χ0n) is 7.27. The maximum absolute atomic E-state index is 5.86. The number of nitrogens with zero attached hydrogens (tertiary/aromatic N) is 2. The van der Waals surface area contributed by atoms with E-state index in [1.54, 1.807) is 0 Å². The van der Waals surface area contributed by atoms with E-state index in [4.69, 9.17) is 5.73 Å². The van der Waals surface area contributed by atoms with E-state index in [1.807, 2.05) is 18.2 Å². The summed E-state index contributed by atoms with van der Waals surface area (Å²) in [6.07, 6.45) is 0.911. The third-order valence-electron chi connectivity index (χ3n) is 2.60. The van der Waals surface area contributed by atoms with Gasteiger partial charge in [-0.2, -0.15) is 0 Å². The Hall–Kier alpha value is -1.35. The summed E-state index contributed by atoms with van der Waals surface area (Å²) in [4.78, 5) is 4.53. The zero-order chi connectivity index (χ0) is 8.84. The van der Waals surface area contributed by atoms with Gasteiger partial charge in [-0.3, -0.25) is 0 Å². The molecule has 66 valence electrons. The molecule has 13 heavy (non-hydrogen) atoms. The van der Waals surface area contributed by atoms with Crippen molar-refractivity contribution < 1.29 is 0 Å². The molecule has 0 bridgehead atoms. The van der Waals surface area contributed by atoms with Gasteiger partial charge >= 0.3 is 0 Å². The van der Waals surface area contributed by atoms with E-state index in [0.717, 1.165) is 24.3 Å². The van der Waals surface area contributed by atoms with Gasteiger partial charge in [0, 0.05) is 19.0 Å². The average molecular weight is 173 g/mol. The first-order valence-electron chi connectivity index (χ1n) is 4.54. The van der Waals surface area contributed by atoms with Crippen molar-refractivity contribution in [1.29, 1.82) is 0 Å². The van der Waals surface area contributed by atoms with Crippen LogP contribution in [0.3, 0.4) is 0 Å². The topological polar surface area (TPSA) is 43.8 Å². The van der Waals surface area contributed by atoms with Crippen molar-refractivity contribution in [1.82, 2.24) is 9.55 Å². The van der Waals surface area contributed by atoms with Crippen molar-refractivity contribution in [3.05, 3.63) is 30.1 Å². The molecule has 0 spiro atoms. The molecule has 0 radical (unpaired) electrons. The molecule has 1 unspecified atom stereocenters. The van der Waals surface area contributed by atoms with E-state index >= 15 is 0 Å². The van der Waals surface area contributed by atoms with Crippen LogP contribution in [0.2, 0.25) is 0 Å². The number of aromatic nitrogens is 2. The monoisotopic (exact) mass is 173 g/mol. The molecule has 3 nitrogen and oxygen atoms in total. The van der Waals surface area contributed by atoms with E-state index in [2.05, 4.69) is 15.6 Å². The van der Waals surface area contributed by atoms with E-state index < -0.39 is 0 Å². The number of hydrogen-bond donors (Lipinski definition) is 1. The van der Waals surface area contributed by atoms with Crippen LogP contribution in [0.5, 0.6) is 0 Å². The summed E-state index contributed by atoms with van der Waals surface area (Å²) in [5.74, 6) is 1.13. The maximum atomic E-state index is 5.86. The lowest BCUT2D eigenvalue weighted by atomic mass is 10.2. The molecular weight excluding hydrogens is 162 g/mol. The number of rotatable bonds is 0. The zero-order valence-corrected chi connectivity index (χ0v) is 7.27. The van der Waals surface area contributed by atoms with Crippen LogP contribution in [0, 0.1) is 0 Å². The number of nitrogens with two attached hydrogens (primary N) is 1. The smallest absolute Gasteiger partial charge is 0.111 e. The molecule has 1 atom stereocenters. The quantitative estimate of drug-likeness (QED) is 0.643. The van der Waals surface area contributed by atoms with Gasteiger partial charge in [0.2, 0.25) is 0 Å². The minimum Gasteiger partial charge on any atom is -0.326 e. The lowest BCUT2D eigenvalue weighted by Crippen LogP contribution is -2.20. The Kier molecular flexibility index (Phi) is 1.27. The predicted molar refractivity (Wildman–Crippen MR) is 51.4 cm³/mol. The fourth-order valence-electron chi connectivity index (χ4n) is 2.02. The Morgan fingerprint density at radius 3 is 3.15 bits per heavy atom. The highest BCUT2D eigenvalue weighted by Crippen LogP contribution is 2.21. The van der Waals surface area contributed by atoms with Crippen LogP contribution < -0.4 is 5.73 Å². The Balaban J connectivity index is 2.31. The summed E-state index contributed by atoms with van der Waals surface area (Å²) >= 11 is 0. The molecule has 0 saturated carbocycles. The third-order valence-corrected chi connectivity index (χ3v) is 2.60. The van der Waals surface area contributed by atoms with Gasteiger partial charge in [-0.25, -0.2) is 4.98 Å². The largest absolute Gasteiger partial charge is 0.326 e. The molecule has 0 amide bonds. The SMILES string of the molecule is NC1Cc2nc3ccccc3n2C1. The maximum Gasteiger partial charge on any atom is 0.111 e. The van der Waals surface area contributed by atoms with Crippen LogP contribution in [-0.2, 0) is 13.0 Å². The fourth-order valence-corrected chi connectivity index (χ4v) is 2.02. The molecule has 1 aromatic heterocycles. The van der Waals surface area contributed by atoms with Crippen LogP contribution in [0.25, 0.3) is 11.0 Å². The third kappa shape index (κ3) is 0.906. The molecule has 2 aromatic rings. The van der Waals surface area contributed by atoms with E-state index in [1.165, 1.54) is 5.52 Å². The lowest BCUT2D eigenvalue weighted by molar-refractivity contribution is 0.652. The normalized spacial score (nSPS) is 20.8. The second-order valence-electron chi connectivity index (χ2n) is 3.59. The molecule has 1 aliphatic heterocycles. The predicted octanol–water partition coefficient (Wildman–Crippen LogP) is 0.920. The second-order valence-corrected chi connectivity index (χ2v) is 3.59. The summed E-state index contributed by atoms with van der Waals surface area (Å²) in [5.41, 5.74) is 8.16. The number of fused-ring (bicyclic) bond motifs is 3. The molecule has 0 aliphatic carbocycles.